The average Bonchev–Trinajstić information content (AvgIpc) is 2.38. The first-order chi connectivity index (χ1) is 9.11. The third kappa shape index (κ3) is 3.61. The third-order valence-electron chi connectivity index (χ3n) is 3.98. The van der Waals surface area contributed by atoms with Crippen molar-refractivity contribution < 1.29 is 0 Å². The van der Waals surface area contributed by atoms with E-state index < -0.39 is 0 Å². The van der Waals surface area contributed by atoms with Crippen molar-refractivity contribution in [3.05, 3.63) is 22.8 Å². The smallest absolute Gasteiger partial charge is 0.126 e. The predicted octanol–water partition coefficient (Wildman–Crippen LogP) is 3.93. The van der Waals surface area contributed by atoms with E-state index in [1.54, 1.807) is 0 Å². The van der Waals surface area contributed by atoms with Gasteiger partial charge in [0.05, 0.1) is 10.7 Å². The average molecular weight is 282 g/mol. The molecule has 0 saturated carbocycles. The number of halogens is 1. The van der Waals surface area contributed by atoms with Crippen LogP contribution in [0.4, 0.5) is 5.82 Å². The summed E-state index contributed by atoms with van der Waals surface area (Å²) < 4.78 is 0. The van der Waals surface area contributed by atoms with Crippen LogP contribution in [0.3, 0.4) is 0 Å². The number of piperidine rings is 1. The third-order valence-corrected chi connectivity index (χ3v) is 4.33. The number of hydrogen-bond donors (Lipinski definition) is 1. The lowest BCUT2D eigenvalue weighted by molar-refractivity contribution is 0.0939. The number of aromatic nitrogens is 1. The monoisotopic (exact) mass is 281 g/mol. The van der Waals surface area contributed by atoms with Gasteiger partial charge in [-0.25, -0.2) is 4.98 Å². The Morgan fingerprint density at radius 3 is 2.63 bits per heavy atom. The zero-order chi connectivity index (χ0) is 13.8. The van der Waals surface area contributed by atoms with E-state index >= 15 is 0 Å². The zero-order valence-corrected chi connectivity index (χ0v) is 12.9. The van der Waals surface area contributed by atoms with E-state index in [2.05, 4.69) is 36.0 Å². The fraction of sp³-hybridized carbons (Fsp3) is 0.667. The normalized spacial score (nSPS) is 24.4. The van der Waals surface area contributed by atoms with E-state index in [9.17, 15) is 0 Å². The Kier molecular flexibility index (Phi) is 5.06. The van der Waals surface area contributed by atoms with Gasteiger partial charge in [0.2, 0.25) is 0 Å². The molecule has 0 amide bonds. The molecule has 0 radical (unpaired) electrons. The molecule has 0 aliphatic carbocycles. The molecule has 1 aliphatic heterocycles. The highest BCUT2D eigenvalue weighted by molar-refractivity contribution is 6.31. The topological polar surface area (TPSA) is 28.2 Å². The zero-order valence-electron chi connectivity index (χ0n) is 12.1. The minimum atomic E-state index is 0.615. The molecule has 1 saturated heterocycles. The number of nitrogens with zero attached hydrogens (tertiary/aromatic N) is 2. The highest BCUT2D eigenvalue weighted by Crippen LogP contribution is 2.26. The van der Waals surface area contributed by atoms with E-state index in [1.807, 2.05) is 12.1 Å². The molecular weight excluding hydrogens is 258 g/mol. The van der Waals surface area contributed by atoms with E-state index in [0.29, 0.717) is 12.1 Å². The van der Waals surface area contributed by atoms with Crippen LogP contribution < -0.4 is 5.32 Å². The largest absolute Gasteiger partial charge is 0.370 e. The second-order valence-corrected chi connectivity index (χ2v) is 5.86. The van der Waals surface area contributed by atoms with Crippen LogP contribution in [-0.4, -0.2) is 28.5 Å². The molecule has 1 aromatic heterocycles. The molecule has 2 rings (SSSR count). The first kappa shape index (κ1) is 14.6. The first-order valence-electron chi connectivity index (χ1n) is 7.26. The van der Waals surface area contributed by atoms with Crippen molar-refractivity contribution in [3.63, 3.8) is 0 Å². The minimum Gasteiger partial charge on any atom is -0.370 e. The van der Waals surface area contributed by atoms with Gasteiger partial charge < -0.3 is 5.32 Å². The Balaban J connectivity index is 2.14. The van der Waals surface area contributed by atoms with Crippen LogP contribution in [0.5, 0.6) is 0 Å². The van der Waals surface area contributed by atoms with Gasteiger partial charge in [-0.05, 0) is 45.7 Å². The second-order valence-electron chi connectivity index (χ2n) is 5.46. The Morgan fingerprint density at radius 2 is 2.00 bits per heavy atom. The van der Waals surface area contributed by atoms with Crippen molar-refractivity contribution in [2.45, 2.75) is 58.7 Å². The number of nitrogens with one attached hydrogen (secondary N) is 1. The summed E-state index contributed by atoms with van der Waals surface area (Å²) in [6.45, 7) is 8.41. The first-order valence-corrected chi connectivity index (χ1v) is 7.64. The lowest BCUT2D eigenvalue weighted by atomic mass is 9.97. The maximum atomic E-state index is 6.29. The minimum absolute atomic E-state index is 0.615. The quantitative estimate of drug-likeness (QED) is 0.906. The Hall–Kier alpha value is -0.800. The van der Waals surface area contributed by atoms with Gasteiger partial charge in [-0.3, -0.25) is 4.90 Å². The van der Waals surface area contributed by atoms with Gasteiger partial charge in [0.1, 0.15) is 5.82 Å². The predicted molar refractivity (Wildman–Crippen MR) is 81.7 cm³/mol. The number of likely N-dealkylation sites (tertiary alicyclic amines) is 1. The van der Waals surface area contributed by atoms with Gasteiger partial charge in [0, 0.05) is 25.2 Å². The number of rotatable bonds is 4. The van der Waals surface area contributed by atoms with Gasteiger partial charge in [-0.1, -0.05) is 18.0 Å². The summed E-state index contributed by atoms with van der Waals surface area (Å²) in [5, 5.41) is 4.02. The molecule has 1 aromatic rings. The lowest BCUT2D eigenvalue weighted by Crippen LogP contribution is -2.43. The molecule has 0 spiro atoms. The molecule has 4 heteroatoms. The fourth-order valence-corrected chi connectivity index (χ4v) is 3.00. The van der Waals surface area contributed by atoms with Crippen LogP contribution in [0.15, 0.2) is 12.1 Å². The van der Waals surface area contributed by atoms with Crippen molar-refractivity contribution in [3.8, 4) is 0 Å². The highest BCUT2D eigenvalue weighted by atomic mass is 35.5. The van der Waals surface area contributed by atoms with Crippen molar-refractivity contribution in [2.75, 3.05) is 11.9 Å². The molecule has 2 atom stereocenters. The van der Waals surface area contributed by atoms with Crippen LogP contribution in [0.1, 0.15) is 45.7 Å². The van der Waals surface area contributed by atoms with Gasteiger partial charge in [-0.15, -0.1) is 0 Å². The molecule has 1 N–H and O–H groups in total. The van der Waals surface area contributed by atoms with Crippen molar-refractivity contribution >= 4 is 17.4 Å². The standard InChI is InChI=1S/C15H24ClN3/c1-4-17-15-9-8-13(16)14(18-15)10-19-11(2)6-5-7-12(19)3/h8-9,11-12H,4-7,10H2,1-3H3,(H,17,18)/t11-,12+. The second kappa shape index (κ2) is 6.58. The molecule has 3 nitrogen and oxygen atoms in total. The number of pyridine rings is 1. The summed E-state index contributed by atoms with van der Waals surface area (Å²) in [5.41, 5.74) is 0.987. The van der Waals surface area contributed by atoms with E-state index in [0.717, 1.165) is 29.6 Å². The summed E-state index contributed by atoms with van der Waals surface area (Å²) in [7, 11) is 0. The van der Waals surface area contributed by atoms with Gasteiger partial charge >= 0.3 is 0 Å². The molecule has 106 valence electrons. The van der Waals surface area contributed by atoms with Gasteiger partial charge in [0.15, 0.2) is 0 Å². The van der Waals surface area contributed by atoms with Crippen LogP contribution in [0.25, 0.3) is 0 Å². The van der Waals surface area contributed by atoms with Crippen LogP contribution >= 0.6 is 11.6 Å². The SMILES string of the molecule is CCNc1ccc(Cl)c(CN2[C@H](C)CCC[C@@H]2C)n1. The molecule has 0 unspecified atom stereocenters. The van der Waals surface area contributed by atoms with Gasteiger partial charge in [0.25, 0.3) is 0 Å². The lowest BCUT2D eigenvalue weighted by Gasteiger charge is -2.38. The maximum Gasteiger partial charge on any atom is 0.126 e. The molecule has 1 fully saturated rings. The summed E-state index contributed by atoms with van der Waals surface area (Å²) >= 11 is 6.29. The highest BCUT2D eigenvalue weighted by Gasteiger charge is 2.25. The molecule has 0 bridgehead atoms. The van der Waals surface area contributed by atoms with E-state index in [1.165, 1.54) is 19.3 Å². The molecule has 1 aliphatic rings. The van der Waals surface area contributed by atoms with Crippen molar-refractivity contribution in [1.82, 2.24) is 9.88 Å². The maximum absolute atomic E-state index is 6.29. The number of hydrogen-bond acceptors (Lipinski definition) is 3. The molecule has 0 aromatic carbocycles. The van der Waals surface area contributed by atoms with Gasteiger partial charge in [-0.2, -0.15) is 0 Å². The van der Waals surface area contributed by atoms with Crippen LogP contribution in [0.2, 0.25) is 5.02 Å². The number of anilines is 1. The molecular formula is C15H24ClN3. The van der Waals surface area contributed by atoms with Crippen LogP contribution in [-0.2, 0) is 6.54 Å². The van der Waals surface area contributed by atoms with Crippen LogP contribution in [0, 0.1) is 0 Å². The van der Waals surface area contributed by atoms with Crippen molar-refractivity contribution in [2.24, 2.45) is 0 Å². The van der Waals surface area contributed by atoms with E-state index in [-0.39, 0.29) is 0 Å². The molecule has 2 heterocycles. The Bertz CT molecular complexity index is 412. The van der Waals surface area contributed by atoms with Crippen molar-refractivity contribution in [1.29, 1.82) is 0 Å². The Labute approximate surface area is 121 Å². The fourth-order valence-electron chi connectivity index (χ4n) is 2.83. The summed E-state index contributed by atoms with van der Waals surface area (Å²) in [6.07, 6.45) is 3.88. The Morgan fingerprint density at radius 1 is 1.32 bits per heavy atom. The van der Waals surface area contributed by atoms with E-state index in [4.69, 9.17) is 11.6 Å². The molecule has 19 heavy (non-hydrogen) atoms. The summed E-state index contributed by atoms with van der Waals surface area (Å²) in [5.74, 6) is 0.916. The summed E-state index contributed by atoms with van der Waals surface area (Å²) in [4.78, 5) is 7.16. The summed E-state index contributed by atoms with van der Waals surface area (Å²) in [6, 6.07) is 5.12.